The van der Waals surface area contributed by atoms with Crippen molar-refractivity contribution < 1.29 is 9.53 Å². The fourth-order valence-corrected chi connectivity index (χ4v) is 2.71. The molecule has 0 atom stereocenters. The standard InChI is InChI=1S/C14H18Cl3N3O2/c15-10-8-12(17)13(9-11(10)16)19-14(21)18-2-1-3-20-4-6-22-7-5-20/h8-9H,1-7H2,(H2,18,19,21). The molecule has 1 aliphatic heterocycles. The number of carbonyl (C=O) groups excluding carboxylic acids is 1. The third kappa shape index (κ3) is 5.48. The Balaban J connectivity index is 1.70. The zero-order valence-corrected chi connectivity index (χ0v) is 14.3. The van der Waals surface area contributed by atoms with Gasteiger partial charge in [0.15, 0.2) is 0 Å². The maximum atomic E-state index is 11.8. The molecule has 1 saturated heterocycles. The van der Waals surface area contributed by atoms with Gasteiger partial charge in [0.2, 0.25) is 0 Å². The van der Waals surface area contributed by atoms with Gasteiger partial charge >= 0.3 is 6.03 Å². The van der Waals surface area contributed by atoms with Crippen LogP contribution in [-0.4, -0.2) is 50.3 Å². The number of urea groups is 1. The second-order valence-corrected chi connectivity index (χ2v) is 6.16. The molecule has 2 amide bonds. The maximum Gasteiger partial charge on any atom is 0.319 e. The topological polar surface area (TPSA) is 53.6 Å². The highest BCUT2D eigenvalue weighted by Crippen LogP contribution is 2.32. The van der Waals surface area contributed by atoms with Crippen LogP contribution in [0.2, 0.25) is 15.1 Å². The minimum Gasteiger partial charge on any atom is -0.379 e. The highest BCUT2D eigenvalue weighted by atomic mass is 35.5. The molecule has 0 saturated carbocycles. The summed E-state index contributed by atoms with van der Waals surface area (Å²) >= 11 is 17.7. The number of rotatable bonds is 5. The Morgan fingerprint density at radius 2 is 1.82 bits per heavy atom. The van der Waals surface area contributed by atoms with Crippen LogP contribution in [0.15, 0.2) is 12.1 Å². The summed E-state index contributed by atoms with van der Waals surface area (Å²) < 4.78 is 5.29. The number of ether oxygens (including phenoxy) is 1. The Hall–Kier alpha value is -0.720. The van der Waals surface area contributed by atoms with Crippen molar-refractivity contribution in [1.29, 1.82) is 0 Å². The van der Waals surface area contributed by atoms with Crippen molar-refractivity contribution in [2.24, 2.45) is 0 Å². The molecule has 8 heteroatoms. The number of benzene rings is 1. The zero-order chi connectivity index (χ0) is 15.9. The highest BCUT2D eigenvalue weighted by Gasteiger charge is 2.11. The quantitative estimate of drug-likeness (QED) is 0.619. The second kappa shape index (κ2) is 8.79. The largest absolute Gasteiger partial charge is 0.379 e. The lowest BCUT2D eigenvalue weighted by Crippen LogP contribution is -2.38. The smallest absolute Gasteiger partial charge is 0.319 e. The molecule has 122 valence electrons. The van der Waals surface area contributed by atoms with E-state index in [2.05, 4.69) is 15.5 Å². The van der Waals surface area contributed by atoms with E-state index in [0.29, 0.717) is 27.3 Å². The molecule has 5 nitrogen and oxygen atoms in total. The molecule has 0 unspecified atom stereocenters. The third-order valence-corrected chi connectivity index (χ3v) is 4.33. The second-order valence-electron chi connectivity index (χ2n) is 4.93. The van der Waals surface area contributed by atoms with Crippen LogP contribution in [-0.2, 0) is 4.74 Å². The fraction of sp³-hybridized carbons (Fsp3) is 0.500. The van der Waals surface area contributed by atoms with E-state index in [9.17, 15) is 4.79 Å². The fourth-order valence-electron chi connectivity index (χ4n) is 2.11. The summed E-state index contributed by atoms with van der Waals surface area (Å²) in [5.74, 6) is 0. The predicted molar refractivity (Wildman–Crippen MR) is 90.4 cm³/mol. The number of nitrogens with one attached hydrogen (secondary N) is 2. The summed E-state index contributed by atoms with van der Waals surface area (Å²) in [6.07, 6.45) is 0.878. The van der Waals surface area contributed by atoms with Crippen LogP contribution in [0.3, 0.4) is 0 Å². The Morgan fingerprint density at radius 1 is 1.14 bits per heavy atom. The van der Waals surface area contributed by atoms with E-state index in [1.807, 2.05) is 0 Å². The lowest BCUT2D eigenvalue weighted by Gasteiger charge is -2.26. The van der Waals surface area contributed by atoms with Gasteiger partial charge in [0.1, 0.15) is 0 Å². The third-order valence-electron chi connectivity index (χ3n) is 3.30. The molecule has 0 aromatic heterocycles. The van der Waals surface area contributed by atoms with Gasteiger partial charge in [-0.2, -0.15) is 0 Å². The molecule has 1 aliphatic rings. The lowest BCUT2D eigenvalue weighted by atomic mass is 10.3. The zero-order valence-electron chi connectivity index (χ0n) is 12.0. The Bertz CT molecular complexity index is 522. The molecule has 2 N–H and O–H groups in total. The summed E-state index contributed by atoms with van der Waals surface area (Å²) in [4.78, 5) is 14.1. The van der Waals surface area contributed by atoms with Gasteiger partial charge in [0, 0.05) is 19.6 Å². The maximum absolute atomic E-state index is 11.8. The van der Waals surface area contributed by atoms with Gasteiger partial charge in [0.05, 0.1) is 34.0 Å². The molecule has 0 bridgehead atoms. The first-order valence-corrected chi connectivity index (χ1v) is 8.19. The number of carbonyl (C=O) groups is 1. The molecule has 0 aliphatic carbocycles. The monoisotopic (exact) mass is 365 g/mol. The van der Waals surface area contributed by atoms with Crippen molar-refractivity contribution in [1.82, 2.24) is 10.2 Å². The van der Waals surface area contributed by atoms with Crippen LogP contribution in [0.25, 0.3) is 0 Å². The molecular formula is C14H18Cl3N3O2. The van der Waals surface area contributed by atoms with Crippen molar-refractivity contribution in [2.75, 3.05) is 44.7 Å². The average Bonchev–Trinajstić information content (AvgIpc) is 2.50. The van der Waals surface area contributed by atoms with Gasteiger partial charge in [-0.15, -0.1) is 0 Å². The summed E-state index contributed by atoms with van der Waals surface area (Å²) in [6.45, 7) is 4.99. The summed E-state index contributed by atoms with van der Waals surface area (Å²) in [7, 11) is 0. The first-order chi connectivity index (χ1) is 10.6. The predicted octanol–water partition coefficient (Wildman–Crippen LogP) is 3.49. The molecule has 0 radical (unpaired) electrons. The number of hydrogen-bond donors (Lipinski definition) is 2. The molecule has 1 aromatic carbocycles. The van der Waals surface area contributed by atoms with Crippen LogP contribution in [0.4, 0.5) is 10.5 Å². The van der Waals surface area contributed by atoms with Crippen LogP contribution in [0.1, 0.15) is 6.42 Å². The van der Waals surface area contributed by atoms with Crippen molar-refractivity contribution in [3.05, 3.63) is 27.2 Å². The Kier molecular flexibility index (Phi) is 7.05. The van der Waals surface area contributed by atoms with Gasteiger partial charge in [-0.25, -0.2) is 4.79 Å². The molecule has 1 fully saturated rings. The minimum absolute atomic E-state index is 0.317. The summed E-state index contributed by atoms with van der Waals surface area (Å²) in [5.41, 5.74) is 0.432. The Labute approximate surface area is 144 Å². The van der Waals surface area contributed by atoms with E-state index in [-0.39, 0.29) is 6.03 Å². The van der Waals surface area contributed by atoms with Crippen LogP contribution in [0.5, 0.6) is 0 Å². The van der Waals surface area contributed by atoms with E-state index in [4.69, 9.17) is 39.5 Å². The van der Waals surface area contributed by atoms with Gasteiger partial charge in [0.25, 0.3) is 0 Å². The van der Waals surface area contributed by atoms with E-state index in [1.165, 1.54) is 12.1 Å². The number of anilines is 1. The minimum atomic E-state index is -0.317. The van der Waals surface area contributed by atoms with E-state index in [0.717, 1.165) is 39.3 Å². The number of amides is 2. The average molecular weight is 367 g/mol. The van der Waals surface area contributed by atoms with Gasteiger partial charge in [-0.1, -0.05) is 34.8 Å². The highest BCUT2D eigenvalue weighted by molar-refractivity contribution is 6.44. The van der Waals surface area contributed by atoms with E-state index >= 15 is 0 Å². The van der Waals surface area contributed by atoms with E-state index < -0.39 is 0 Å². The molecule has 22 heavy (non-hydrogen) atoms. The van der Waals surface area contributed by atoms with Gasteiger partial charge in [-0.05, 0) is 25.1 Å². The molecule has 0 spiro atoms. The number of morpholine rings is 1. The van der Waals surface area contributed by atoms with Crippen molar-refractivity contribution in [2.45, 2.75) is 6.42 Å². The summed E-state index contributed by atoms with van der Waals surface area (Å²) in [5, 5.41) is 6.48. The van der Waals surface area contributed by atoms with Gasteiger partial charge in [-0.3, -0.25) is 4.90 Å². The first-order valence-electron chi connectivity index (χ1n) is 7.06. The van der Waals surface area contributed by atoms with Gasteiger partial charge < -0.3 is 15.4 Å². The summed E-state index contributed by atoms with van der Waals surface area (Å²) in [6, 6.07) is 2.71. The van der Waals surface area contributed by atoms with Crippen LogP contribution < -0.4 is 10.6 Å². The first kappa shape index (κ1) is 17.6. The number of nitrogens with zero attached hydrogens (tertiary/aromatic N) is 1. The number of hydrogen-bond acceptors (Lipinski definition) is 3. The number of halogens is 3. The molecule has 1 heterocycles. The lowest BCUT2D eigenvalue weighted by molar-refractivity contribution is 0.0375. The molecular weight excluding hydrogens is 349 g/mol. The molecule has 1 aromatic rings. The van der Waals surface area contributed by atoms with E-state index in [1.54, 1.807) is 0 Å². The SMILES string of the molecule is O=C(NCCCN1CCOCC1)Nc1cc(Cl)c(Cl)cc1Cl. The van der Waals surface area contributed by atoms with Crippen LogP contribution in [0, 0.1) is 0 Å². The normalized spacial score (nSPS) is 15.6. The van der Waals surface area contributed by atoms with Crippen molar-refractivity contribution >= 4 is 46.5 Å². The van der Waals surface area contributed by atoms with Crippen molar-refractivity contribution in [3.8, 4) is 0 Å². The molecule has 2 rings (SSSR count). The van der Waals surface area contributed by atoms with Crippen LogP contribution >= 0.6 is 34.8 Å². The van der Waals surface area contributed by atoms with Crippen molar-refractivity contribution in [3.63, 3.8) is 0 Å². The Morgan fingerprint density at radius 3 is 2.55 bits per heavy atom.